The van der Waals surface area contributed by atoms with Gasteiger partial charge in [-0.25, -0.2) is 4.24 Å². The maximum Gasteiger partial charge on any atom is 0.265 e. The highest BCUT2D eigenvalue weighted by Crippen LogP contribution is 2.14. The van der Waals surface area contributed by atoms with Gasteiger partial charge in [-0.2, -0.15) is 0 Å². The van der Waals surface area contributed by atoms with Crippen LogP contribution in [0.15, 0.2) is 55.7 Å². The third-order valence-electron chi connectivity index (χ3n) is 3.75. The van der Waals surface area contributed by atoms with Gasteiger partial charge in [0.25, 0.3) is 5.48 Å². The molecule has 24 heavy (non-hydrogen) atoms. The Morgan fingerprint density at radius 3 is 2.79 bits per heavy atom. The van der Waals surface area contributed by atoms with Crippen LogP contribution >= 0.6 is 0 Å². The lowest BCUT2D eigenvalue weighted by atomic mass is 10.0. The molecule has 6 heteroatoms. The molecule has 0 radical (unpaired) electrons. The van der Waals surface area contributed by atoms with E-state index in [4.69, 9.17) is 0 Å². The first-order valence-electron chi connectivity index (χ1n) is 8.11. The van der Waals surface area contributed by atoms with Crippen LogP contribution < -0.4 is 15.0 Å². The average molecular weight is 321 g/mol. The molecule has 4 heterocycles. The molecule has 2 N–H and O–H groups in total. The van der Waals surface area contributed by atoms with Gasteiger partial charge in [0.15, 0.2) is 6.33 Å². The summed E-state index contributed by atoms with van der Waals surface area (Å²) in [6.45, 7) is 4.00. The predicted octanol–water partition coefficient (Wildman–Crippen LogP) is 1.21. The molecule has 0 fully saturated rings. The van der Waals surface area contributed by atoms with E-state index in [0.717, 1.165) is 16.7 Å². The number of aromatic amines is 1. The number of pyridine rings is 1. The van der Waals surface area contributed by atoms with Crippen molar-refractivity contribution in [3.63, 3.8) is 0 Å². The van der Waals surface area contributed by atoms with Crippen molar-refractivity contribution in [3.05, 3.63) is 67.3 Å². The van der Waals surface area contributed by atoms with Crippen LogP contribution in [0.2, 0.25) is 0 Å². The molecule has 0 spiro atoms. The zero-order valence-corrected chi connectivity index (χ0v) is 13.8. The summed E-state index contributed by atoms with van der Waals surface area (Å²) in [5.41, 5.74) is 2.74. The van der Waals surface area contributed by atoms with Crippen LogP contribution in [0.3, 0.4) is 0 Å². The van der Waals surface area contributed by atoms with E-state index in [0.29, 0.717) is 5.92 Å². The van der Waals surface area contributed by atoms with Gasteiger partial charge in [0.05, 0.1) is 18.0 Å². The van der Waals surface area contributed by atoms with Crippen LogP contribution in [0, 0.1) is 12.1 Å². The molecular weight excluding hydrogens is 300 g/mol. The van der Waals surface area contributed by atoms with Crippen LogP contribution in [0.4, 0.5) is 0 Å². The molecule has 0 amide bonds. The molecule has 0 saturated carbocycles. The van der Waals surface area contributed by atoms with Gasteiger partial charge in [-0.15, -0.1) is 4.98 Å². The van der Waals surface area contributed by atoms with E-state index in [1.807, 2.05) is 36.4 Å². The summed E-state index contributed by atoms with van der Waals surface area (Å²) in [4.78, 5) is 16.1. The predicted molar refractivity (Wildman–Crippen MR) is 92.1 cm³/mol. The van der Waals surface area contributed by atoms with E-state index in [1.165, 1.54) is 0 Å². The van der Waals surface area contributed by atoms with Crippen molar-refractivity contribution in [3.8, 4) is 11.3 Å². The summed E-state index contributed by atoms with van der Waals surface area (Å²) >= 11 is 0. The SMILES string of the molecule is C1=CC2C=c3nc[nH]c(-c4ccncc4)cnc[n+]3=CC2N1.CC. The molecule has 2 unspecified atom stereocenters. The molecule has 2 aromatic heterocycles. The fraction of sp³-hybridized carbons (Fsp3) is 0.222. The van der Waals surface area contributed by atoms with Crippen LogP contribution in [0.25, 0.3) is 17.3 Å². The minimum Gasteiger partial charge on any atom is -0.381 e. The second kappa shape index (κ2) is 7.50. The monoisotopic (exact) mass is 321 g/mol. The van der Waals surface area contributed by atoms with Crippen LogP contribution in [-0.4, -0.2) is 26.0 Å². The first-order chi connectivity index (χ1) is 11.9. The Kier molecular flexibility index (Phi) is 4.96. The van der Waals surface area contributed by atoms with Crippen molar-refractivity contribution in [2.75, 3.05) is 0 Å². The quantitative estimate of drug-likeness (QED) is 0.775. The Bertz CT molecular complexity index is 883. The lowest BCUT2D eigenvalue weighted by Crippen LogP contribution is -2.47. The summed E-state index contributed by atoms with van der Waals surface area (Å²) in [5, 5.41) is 3.30. The van der Waals surface area contributed by atoms with E-state index >= 15 is 0 Å². The molecule has 0 aliphatic carbocycles. The number of hydrogen-bond donors (Lipinski definition) is 2. The zero-order valence-electron chi connectivity index (χ0n) is 13.8. The van der Waals surface area contributed by atoms with E-state index < -0.39 is 0 Å². The summed E-state index contributed by atoms with van der Waals surface area (Å²) in [7, 11) is 0. The van der Waals surface area contributed by atoms with Gasteiger partial charge in [0.1, 0.15) is 6.20 Å². The van der Waals surface area contributed by atoms with Crippen molar-refractivity contribution >= 4 is 6.08 Å². The maximum absolute atomic E-state index is 4.51. The highest BCUT2D eigenvalue weighted by atomic mass is 15.0. The second-order valence-corrected chi connectivity index (χ2v) is 5.16. The number of fused-ring (bicyclic) bond motifs is 2. The maximum atomic E-state index is 4.51. The Morgan fingerprint density at radius 2 is 1.96 bits per heavy atom. The molecule has 0 aromatic carbocycles. The fourth-order valence-electron chi connectivity index (χ4n) is 2.60. The lowest BCUT2D eigenvalue weighted by molar-refractivity contribution is -0.536. The first kappa shape index (κ1) is 15.9. The molecule has 4 rings (SSSR count). The highest BCUT2D eigenvalue weighted by molar-refractivity contribution is 5.56. The first-order valence-corrected chi connectivity index (χ1v) is 8.11. The molecule has 2 aromatic rings. The number of hydrogen-bond acceptors (Lipinski definition) is 4. The molecule has 0 saturated heterocycles. The largest absolute Gasteiger partial charge is 0.381 e. The zero-order chi connectivity index (χ0) is 16.8. The minimum absolute atomic E-state index is 0.266. The number of nitrogens with one attached hydrogen (secondary N) is 2. The van der Waals surface area contributed by atoms with Gasteiger partial charge in [0.2, 0.25) is 6.33 Å². The van der Waals surface area contributed by atoms with Crippen LogP contribution in [0.5, 0.6) is 0 Å². The smallest absolute Gasteiger partial charge is 0.265 e. The normalized spacial score (nSPS) is 19.2. The van der Waals surface area contributed by atoms with Crippen LogP contribution in [0.1, 0.15) is 13.8 Å². The number of rotatable bonds is 1. The molecule has 6 nitrogen and oxygen atoms in total. The van der Waals surface area contributed by atoms with Crippen molar-refractivity contribution in [2.24, 2.45) is 5.92 Å². The molecule has 2 aliphatic heterocycles. The Balaban J connectivity index is 0.000000815. The minimum atomic E-state index is 0.266. The molecule has 0 bridgehead atoms. The van der Waals surface area contributed by atoms with Crippen molar-refractivity contribution < 1.29 is 4.24 Å². The van der Waals surface area contributed by atoms with Gasteiger partial charge in [-0.1, -0.05) is 24.9 Å². The van der Waals surface area contributed by atoms with Gasteiger partial charge in [-0.05, 0) is 18.3 Å². The number of aromatic nitrogens is 5. The van der Waals surface area contributed by atoms with E-state index in [-0.39, 0.29) is 6.04 Å². The van der Waals surface area contributed by atoms with Crippen LogP contribution in [-0.2, 0) is 0 Å². The Morgan fingerprint density at radius 1 is 1.12 bits per heavy atom. The molecule has 122 valence electrons. The van der Waals surface area contributed by atoms with E-state index in [9.17, 15) is 0 Å². The van der Waals surface area contributed by atoms with Gasteiger partial charge in [0, 0.05) is 30.0 Å². The van der Waals surface area contributed by atoms with Crippen molar-refractivity contribution in [1.29, 1.82) is 0 Å². The van der Waals surface area contributed by atoms with E-state index in [2.05, 4.69) is 43.6 Å². The summed E-state index contributed by atoms with van der Waals surface area (Å²) in [5.74, 6) is 0.338. The third kappa shape index (κ3) is 3.32. The summed E-state index contributed by atoms with van der Waals surface area (Å²) in [6.07, 6.45) is 17.1. The Labute approximate surface area is 140 Å². The number of H-pyrrole nitrogens is 1. The molecule has 2 aliphatic rings. The average Bonchev–Trinajstić information content (AvgIpc) is 3.12. The third-order valence-corrected chi connectivity index (χ3v) is 3.75. The fourth-order valence-corrected chi connectivity index (χ4v) is 2.60. The molecule has 2 atom stereocenters. The van der Waals surface area contributed by atoms with Gasteiger partial charge in [-0.3, -0.25) is 4.98 Å². The lowest BCUT2D eigenvalue weighted by Gasteiger charge is -2.12. The van der Waals surface area contributed by atoms with Crippen molar-refractivity contribution in [1.82, 2.24) is 25.3 Å². The van der Waals surface area contributed by atoms with E-state index in [1.54, 1.807) is 31.2 Å². The second-order valence-electron chi connectivity index (χ2n) is 5.16. The number of nitrogens with zero attached hydrogens (tertiary/aromatic N) is 4. The highest BCUT2D eigenvalue weighted by Gasteiger charge is 2.23. The van der Waals surface area contributed by atoms with Crippen molar-refractivity contribution in [2.45, 2.75) is 19.9 Å². The topological polar surface area (TPSA) is 72.4 Å². The van der Waals surface area contributed by atoms with Gasteiger partial charge >= 0.3 is 0 Å². The molecular formula is C18H21N6+. The standard InChI is InChI=1S/C16H15N6.C2H6/c1-4-17-5-2-12(1)14-8-18-11-22-9-15-13(3-6-19-15)7-16(22)21-10-20-14;1-2/h1-11,13,15,19H,(H,20,21);1-2H3/q+1;. The summed E-state index contributed by atoms with van der Waals surface area (Å²) < 4.78 is 1.94. The summed E-state index contributed by atoms with van der Waals surface area (Å²) in [6, 6.07) is 4.12. The Hall–Kier alpha value is -3.02. The van der Waals surface area contributed by atoms with Gasteiger partial charge < -0.3 is 10.3 Å².